The van der Waals surface area contributed by atoms with Crippen molar-refractivity contribution >= 4 is 38.0 Å². The van der Waals surface area contributed by atoms with Gasteiger partial charge in [0.1, 0.15) is 17.2 Å². The van der Waals surface area contributed by atoms with Gasteiger partial charge in [-0.3, -0.25) is 4.57 Å². The normalized spacial score (nSPS) is 11.4. The zero-order chi connectivity index (χ0) is 17.4. The van der Waals surface area contributed by atoms with Crippen molar-refractivity contribution in [1.82, 2.24) is 4.57 Å². The van der Waals surface area contributed by atoms with Gasteiger partial charge in [0.25, 0.3) is 0 Å². The Labute approximate surface area is 150 Å². The molecule has 0 saturated heterocycles. The number of hydrogen-bond donors (Lipinski definition) is 0. The van der Waals surface area contributed by atoms with Gasteiger partial charge >= 0.3 is 6.09 Å². The van der Waals surface area contributed by atoms with Gasteiger partial charge in [-0.25, -0.2) is 9.18 Å². The number of ether oxygens (including phenoxy) is 2. The van der Waals surface area contributed by atoms with Gasteiger partial charge in [0, 0.05) is 16.2 Å². The van der Waals surface area contributed by atoms with E-state index in [0.29, 0.717) is 20.4 Å². The highest BCUT2D eigenvalue weighted by molar-refractivity contribution is 9.10. The van der Waals surface area contributed by atoms with Gasteiger partial charge < -0.3 is 9.47 Å². The molecule has 0 radical (unpaired) electrons. The van der Waals surface area contributed by atoms with E-state index in [0.717, 1.165) is 0 Å². The molecule has 0 N–H and O–H groups in total. The van der Waals surface area contributed by atoms with Gasteiger partial charge in [-0.05, 0) is 70.8 Å². The maximum Gasteiger partial charge on any atom is 0.419 e. The number of carbonyl (C=O) groups is 1. The minimum Gasteiger partial charge on any atom is -0.496 e. The lowest BCUT2D eigenvalue weighted by Crippen LogP contribution is -2.27. The van der Waals surface area contributed by atoms with E-state index in [4.69, 9.17) is 9.47 Å². The largest absolute Gasteiger partial charge is 0.496 e. The predicted molar refractivity (Wildman–Crippen MR) is 93.4 cm³/mol. The van der Waals surface area contributed by atoms with E-state index in [9.17, 15) is 9.18 Å². The van der Waals surface area contributed by atoms with E-state index in [1.54, 1.807) is 26.8 Å². The number of aromatic nitrogens is 1. The maximum absolute atomic E-state index is 14.4. The van der Waals surface area contributed by atoms with Crippen LogP contribution in [0.3, 0.4) is 0 Å². The maximum atomic E-state index is 14.4. The molecule has 0 aliphatic heterocycles. The average Bonchev–Trinajstić information content (AvgIpc) is 2.79. The summed E-state index contributed by atoms with van der Waals surface area (Å²) in [7, 11) is 1.49. The van der Waals surface area contributed by atoms with Crippen LogP contribution in [-0.2, 0) is 4.74 Å². The monoisotopic (exact) mass is 447 g/mol. The second-order valence-corrected chi connectivity index (χ2v) is 7.63. The fourth-order valence-electron chi connectivity index (χ4n) is 1.98. The Morgan fingerprint density at radius 2 is 1.87 bits per heavy atom. The Kier molecular flexibility index (Phi) is 5.20. The molecule has 0 saturated carbocycles. The summed E-state index contributed by atoms with van der Waals surface area (Å²) in [6.07, 6.45) is 0.955. The van der Waals surface area contributed by atoms with Crippen LogP contribution in [0.25, 0.3) is 11.3 Å². The van der Waals surface area contributed by atoms with Crippen LogP contribution in [0.15, 0.2) is 33.3 Å². The van der Waals surface area contributed by atoms with Gasteiger partial charge in [0.15, 0.2) is 0 Å². The summed E-state index contributed by atoms with van der Waals surface area (Å²) in [5, 5.41) is 0. The molecule has 0 bridgehead atoms. The summed E-state index contributed by atoms with van der Waals surface area (Å²) in [6.45, 7) is 5.31. The highest BCUT2D eigenvalue weighted by Gasteiger charge is 2.23. The SMILES string of the molecule is COc1cc(-c2cc(Br)cn2C(=O)OC(C)(C)C)c(F)cc1Br. The van der Waals surface area contributed by atoms with E-state index >= 15 is 0 Å². The Morgan fingerprint density at radius 1 is 1.22 bits per heavy atom. The smallest absolute Gasteiger partial charge is 0.419 e. The minimum atomic E-state index is -0.652. The molecular formula is C16H16Br2FNO3. The first kappa shape index (κ1) is 18.0. The number of benzene rings is 1. The molecule has 7 heteroatoms. The fraction of sp³-hybridized carbons (Fsp3) is 0.312. The summed E-state index contributed by atoms with van der Waals surface area (Å²) in [4.78, 5) is 12.4. The Morgan fingerprint density at radius 3 is 2.43 bits per heavy atom. The van der Waals surface area contributed by atoms with Crippen LogP contribution in [0.4, 0.5) is 9.18 Å². The first-order valence-corrected chi connectivity index (χ1v) is 8.35. The average molecular weight is 449 g/mol. The lowest BCUT2D eigenvalue weighted by atomic mass is 10.1. The Balaban J connectivity index is 2.55. The molecular weight excluding hydrogens is 433 g/mol. The summed E-state index contributed by atoms with van der Waals surface area (Å²) < 4.78 is 27.3. The molecule has 0 fully saturated rings. The van der Waals surface area contributed by atoms with Crippen LogP contribution in [0.5, 0.6) is 5.75 Å². The third-order valence-corrected chi connectivity index (χ3v) is 3.95. The summed E-state index contributed by atoms with van der Waals surface area (Å²) in [6, 6.07) is 4.48. The van der Waals surface area contributed by atoms with Gasteiger partial charge in [-0.1, -0.05) is 0 Å². The molecule has 0 aliphatic carbocycles. The van der Waals surface area contributed by atoms with Crippen LogP contribution in [0.2, 0.25) is 0 Å². The number of rotatable bonds is 2. The van der Waals surface area contributed by atoms with Gasteiger partial charge in [-0.15, -0.1) is 0 Å². The molecule has 0 aliphatic rings. The van der Waals surface area contributed by atoms with Crippen molar-refractivity contribution < 1.29 is 18.7 Å². The molecule has 1 aromatic carbocycles. The fourth-order valence-corrected chi connectivity index (χ4v) is 2.88. The van der Waals surface area contributed by atoms with Crippen LogP contribution in [-0.4, -0.2) is 23.4 Å². The lowest BCUT2D eigenvalue weighted by Gasteiger charge is -2.20. The Hall–Kier alpha value is -1.34. The van der Waals surface area contributed by atoms with Crippen molar-refractivity contribution in [2.24, 2.45) is 0 Å². The van der Waals surface area contributed by atoms with Gasteiger partial charge in [-0.2, -0.15) is 0 Å². The van der Waals surface area contributed by atoms with Crippen LogP contribution < -0.4 is 4.74 Å². The molecule has 23 heavy (non-hydrogen) atoms. The van der Waals surface area contributed by atoms with Crippen molar-refractivity contribution in [2.45, 2.75) is 26.4 Å². The predicted octanol–water partition coefficient (Wildman–Crippen LogP) is 5.61. The number of methoxy groups -OCH3 is 1. The van der Waals surface area contributed by atoms with Gasteiger partial charge in [0.05, 0.1) is 17.3 Å². The number of halogens is 3. The second kappa shape index (κ2) is 6.65. The third kappa shape index (κ3) is 4.14. The van der Waals surface area contributed by atoms with Crippen molar-refractivity contribution in [2.75, 3.05) is 7.11 Å². The number of nitrogens with zero attached hydrogens (tertiary/aromatic N) is 1. The van der Waals surface area contributed by atoms with Crippen LogP contribution in [0.1, 0.15) is 20.8 Å². The number of carbonyl (C=O) groups excluding carboxylic acids is 1. The third-order valence-electron chi connectivity index (χ3n) is 2.89. The van der Waals surface area contributed by atoms with E-state index in [1.165, 1.54) is 30.0 Å². The molecule has 1 aromatic heterocycles. The molecule has 0 spiro atoms. The highest BCUT2D eigenvalue weighted by Crippen LogP contribution is 2.35. The molecule has 0 atom stereocenters. The zero-order valence-electron chi connectivity index (χ0n) is 13.1. The molecule has 4 nitrogen and oxygen atoms in total. The van der Waals surface area contributed by atoms with Crippen molar-refractivity contribution in [3.8, 4) is 17.0 Å². The molecule has 1 heterocycles. The van der Waals surface area contributed by atoms with Gasteiger partial charge in [0.2, 0.25) is 0 Å². The molecule has 0 amide bonds. The Bertz CT molecular complexity index is 751. The second-order valence-electron chi connectivity index (χ2n) is 5.86. The van der Waals surface area contributed by atoms with E-state index in [2.05, 4.69) is 31.9 Å². The van der Waals surface area contributed by atoms with Crippen LogP contribution >= 0.6 is 31.9 Å². The molecule has 2 aromatic rings. The topological polar surface area (TPSA) is 40.5 Å². The summed E-state index contributed by atoms with van der Waals surface area (Å²) in [5.41, 5.74) is -0.0443. The first-order chi connectivity index (χ1) is 10.6. The zero-order valence-corrected chi connectivity index (χ0v) is 16.3. The summed E-state index contributed by atoms with van der Waals surface area (Å²) >= 11 is 6.55. The quantitative estimate of drug-likeness (QED) is 0.599. The van der Waals surface area contributed by atoms with Crippen molar-refractivity contribution in [3.05, 3.63) is 39.2 Å². The highest BCUT2D eigenvalue weighted by atomic mass is 79.9. The number of hydrogen-bond acceptors (Lipinski definition) is 3. The summed E-state index contributed by atoms with van der Waals surface area (Å²) in [5.74, 6) is -0.0115. The van der Waals surface area contributed by atoms with Crippen molar-refractivity contribution in [3.63, 3.8) is 0 Å². The molecule has 124 valence electrons. The first-order valence-electron chi connectivity index (χ1n) is 6.77. The van der Waals surface area contributed by atoms with E-state index in [1.807, 2.05) is 0 Å². The van der Waals surface area contributed by atoms with Crippen molar-refractivity contribution in [1.29, 1.82) is 0 Å². The van der Waals surface area contributed by atoms with E-state index < -0.39 is 17.5 Å². The standard InChI is InChI=1S/C16H16Br2FNO3/c1-16(2,3)23-15(21)20-8-9(17)5-13(20)10-6-14(22-4)11(18)7-12(10)19/h5-8H,1-4H3. The van der Waals surface area contributed by atoms with Crippen LogP contribution in [0, 0.1) is 5.82 Å². The lowest BCUT2D eigenvalue weighted by molar-refractivity contribution is 0.0540. The minimum absolute atomic E-state index is 0.238. The molecule has 2 rings (SSSR count). The molecule has 0 unspecified atom stereocenters. The van der Waals surface area contributed by atoms with E-state index in [-0.39, 0.29) is 5.56 Å².